The Morgan fingerprint density at radius 3 is 2.23 bits per heavy atom. The fraction of sp³-hybridized carbons (Fsp3) is 0.400. The second kappa shape index (κ2) is 4.72. The van der Waals surface area contributed by atoms with Crippen LogP contribution in [0.1, 0.15) is 6.92 Å². The summed E-state index contributed by atoms with van der Waals surface area (Å²) in [5.74, 6) is 1.64. The maximum atomic E-state index is 5.48. The van der Waals surface area contributed by atoms with Crippen molar-refractivity contribution >= 4 is 0 Å². The van der Waals surface area contributed by atoms with Gasteiger partial charge in [0.25, 0.3) is 0 Å². The quantitative estimate of drug-likeness (QED) is 0.764. The van der Waals surface area contributed by atoms with Crippen molar-refractivity contribution in [3.8, 4) is 11.5 Å². The molecule has 0 saturated heterocycles. The number of hydrogen-bond donors (Lipinski definition) is 1. The van der Waals surface area contributed by atoms with Gasteiger partial charge in [-0.05, 0) is 31.2 Å². The van der Waals surface area contributed by atoms with Gasteiger partial charge in [0.15, 0.2) is 0 Å². The third-order valence-corrected chi connectivity index (χ3v) is 1.73. The molecule has 1 atom stereocenters. The molecule has 0 fully saturated rings. The van der Waals surface area contributed by atoms with Gasteiger partial charge in [-0.1, -0.05) is 0 Å². The van der Waals surface area contributed by atoms with Crippen molar-refractivity contribution in [1.82, 2.24) is 0 Å². The zero-order chi connectivity index (χ0) is 9.68. The van der Waals surface area contributed by atoms with Crippen LogP contribution in [-0.2, 0) is 0 Å². The SMILES string of the molecule is COc1ccc(O[C@H](C)CN)cc1. The van der Waals surface area contributed by atoms with Gasteiger partial charge in [0.1, 0.15) is 17.6 Å². The van der Waals surface area contributed by atoms with E-state index in [1.54, 1.807) is 7.11 Å². The molecule has 1 aromatic carbocycles. The predicted molar refractivity (Wildman–Crippen MR) is 52.1 cm³/mol. The second-order valence-corrected chi connectivity index (χ2v) is 2.84. The van der Waals surface area contributed by atoms with Crippen LogP contribution in [0.15, 0.2) is 24.3 Å². The van der Waals surface area contributed by atoms with Crippen molar-refractivity contribution < 1.29 is 9.47 Å². The van der Waals surface area contributed by atoms with Gasteiger partial charge in [-0.25, -0.2) is 0 Å². The maximum absolute atomic E-state index is 5.48. The van der Waals surface area contributed by atoms with Crippen molar-refractivity contribution in [3.63, 3.8) is 0 Å². The van der Waals surface area contributed by atoms with Crippen molar-refractivity contribution in [2.45, 2.75) is 13.0 Å². The summed E-state index contributed by atoms with van der Waals surface area (Å²) in [5.41, 5.74) is 5.43. The average molecular weight is 181 g/mol. The van der Waals surface area contributed by atoms with Crippen LogP contribution in [0, 0.1) is 0 Å². The lowest BCUT2D eigenvalue weighted by molar-refractivity contribution is 0.229. The third-order valence-electron chi connectivity index (χ3n) is 1.73. The van der Waals surface area contributed by atoms with Crippen molar-refractivity contribution in [1.29, 1.82) is 0 Å². The van der Waals surface area contributed by atoms with Crippen molar-refractivity contribution in [3.05, 3.63) is 24.3 Å². The molecule has 3 heteroatoms. The fourth-order valence-corrected chi connectivity index (χ4v) is 0.935. The smallest absolute Gasteiger partial charge is 0.120 e. The summed E-state index contributed by atoms with van der Waals surface area (Å²) < 4.78 is 10.5. The molecule has 0 aliphatic rings. The van der Waals surface area contributed by atoms with Crippen LogP contribution in [-0.4, -0.2) is 19.8 Å². The number of rotatable bonds is 4. The van der Waals surface area contributed by atoms with E-state index in [0.29, 0.717) is 6.54 Å². The Labute approximate surface area is 78.5 Å². The topological polar surface area (TPSA) is 44.5 Å². The highest BCUT2D eigenvalue weighted by Crippen LogP contribution is 2.17. The van der Waals surface area contributed by atoms with E-state index in [2.05, 4.69) is 0 Å². The van der Waals surface area contributed by atoms with Crippen molar-refractivity contribution in [2.75, 3.05) is 13.7 Å². The molecule has 0 unspecified atom stereocenters. The number of hydrogen-bond acceptors (Lipinski definition) is 3. The Hall–Kier alpha value is -1.22. The molecule has 1 aromatic rings. The molecule has 0 bridgehead atoms. The predicted octanol–water partition coefficient (Wildman–Crippen LogP) is 1.42. The molecule has 72 valence electrons. The highest BCUT2D eigenvalue weighted by atomic mass is 16.5. The largest absolute Gasteiger partial charge is 0.497 e. The molecule has 0 radical (unpaired) electrons. The summed E-state index contributed by atoms with van der Waals surface area (Å²) in [6.07, 6.45) is 0.0494. The Kier molecular flexibility index (Phi) is 3.58. The van der Waals surface area contributed by atoms with Gasteiger partial charge < -0.3 is 15.2 Å². The fourth-order valence-electron chi connectivity index (χ4n) is 0.935. The molecule has 0 aliphatic heterocycles. The van der Waals surface area contributed by atoms with E-state index >= 15 is 0 Å². The zero-order valence-electron chi connectivity index (χ0n) is 7.99. The molecule has 1 rings (SSSR count). The van der Waals surface area contributed by atoms with Crippen LogP contribution in [0.4, 0.5) is 0 Å². The number of methoxy groups -OCH3 is 1. The standard InChI is InChI=1S/C10H15NO2/c1-8(7-11)13-10-5-3-9(12-2)4-6-10/h3-6,8H,7,11H2,1-2H3/t8-/m1/s1. The first-order valence-electron chi connectivity index (χ1n) is 4.27. The minimum Gasteiger partial charge on any atom is -0.497 e. The van der Waals surface area contributed by atoms with Gasteiger partial charge in [-0.2, -0.15) is 0 Å². The first-order valence-corrected chi connectivity index (χ1v) is 4.27. The van der Waals surface area contributed by atoms with Gasteiger partial charge in [0.2, 0.25) is 0 Å². The third kappa shape index (κ3) is 2.95. The van der Waals surface area contributed by atoms with Crippen LogP contribution in [0.2, 0.25) is 0 Å². The Morgan fingerprint density at radius 2 is 1.77 bits per heavy atom. The van der Waals surface area contributed by atoms with Crippen molar-refractivity contribution in [2.24, 2.45) is 5.73 Å². The number of nitrogens with two attached hydrogens (primary N) is 1. The van der Waals surface area contributed by atoms with E-state index in [0.717, 1.165) is 11.5 Å². The second-order valence-electron chi connectivity index (χ2n) is 2.84. The van der Waals surface area contributed by atoms with Crippen LogP contribution in [0.5, 0.6) is 11.5 Å². The molecular formula is C10H15NO2. The molecule has 0 spiro atoms. The van der Waals surface area contributed by atoms with E-state index in [9.17, 15) is 0 Å². The summed E-state index contributed by atoms with van der Waals surface area (Å²) >= 11 is 0. The van der Waals surface area contributed by atoms with E-state index < -0.39 is 0 Å². The summed E-state index contributed by atoms with van der Waals surface area (Å²) in [6, 6.07) is 7.45. The molecular weight excluding hydrogens is 166 g/mol. The van der Waals surface area contributed by atoms with Crippen LogP contribution in [0.3, 0.4) is 0 Å². The number of benzene rings is 1. The minimum absolute atomic E-state index is 0.0494. The molecule has 0 heterocycles. The summed E-state index contributed by atoms with van der Waals surface area (Å²) in [7, 11) is 1.64. The molecule has 0 saturated carbocycles. The van der Waals surface area contributed by atoms with E-state index in [1.165, 1.54) is 0 Å². The molecule has 3 nitrogen and oxygen atoms in total. The summed E-state index contributed by atoms with van der Waals surface area (Å²) in [5, 5.41) is 0. The average Bonchev–Trinajstić information content (AvgIpc) is 2.19. The highest BCUT2D eigenvalue weighted by Gasteiger charge is 2.00. The Morgan fingerprint density at radius 1 is 1.23 bits per heavy atom. The van der Waals surface area contributed by atoms with E-state index in [-0.39, 0.29) is 6.10 Å². The normalized spacial score (nSPS) is 12.2. The zero-order valence-corrected chi connectivity index (χ0v) is 7.99. The molecule has 0 aromatic heterocycles. The molecule has 0 amide bonds. The maximum Gasteiger partial charge on any atom is 0.120 e. The van der Waals surface area contributed by atoms with Crippen LogP contribution < -0.4 is 15.2 Å². The van der Waals surface area contributed by atoms with E-state index in [1.807, 2.05) is 31.2 Å². The Bertz CT molecular complexity index is 246. The van der Waals surface area contributed by atoms with Gasteiger partial charge in [-0.15, -0.1) is 0 Å². The van der Waals surface area contributed by atoms with Gasteiger partial charge in [0, 0.05) is 6.54 Å². The van der Waals surface area contributed by atoms with Gasteiger partial charge >= 0.3 is 0 Å². The lowest BCUT2D eigenvalue weighted by Gasteiger charge is -2.12. The van der Waals surface area contributed by atoms with Gasteiger partial charge in [-0.3, -0.25) is 0 Å². The first-order chi connectivity index (χ1) is 6.26. The van der Waals surface area contributed by atoms with E-state index in [4.69, 9.17) is 15.2 Å². The molecule has 13 heavy (non-hydrogen) atoms. The first kappa shape index (κ1) is 9.86. The summed E-state index contributed by atoms with van der Waals surface area (Å²) in [4.78, 5) is 0. The summed E-state index contributed by atoms with van der Waals surface area (Å²) in [6.45, 7) is 2.45. The lowest BCUT2D eigenvalue weighted by Crippen LogP contribution is -2.22. The highest BCUT2D eigenvalue weighted by molar-refractivity contribution is 5.31. The number of ether oxygens (including phenoxy) is 2. The van der Waals surface area contributed by atoms with Crippen LogP contribution >= 0.6 is 0 Å². The van der Waals surface area contributed by atoms with Crippen LogP contribution in [0.25, 0.3) is 0 Å². The lowest BCUT2D eigenvalue weighted by atomic mass is 10.3. The monoisotopic (exact) mass is 181 g/mol. The molecule has 2 N–H and O–H groups in total. The Balaban J connectivity index is 2.58. The van der Waals surface area contributed by atoms with Gasteiger partial charge in [0.05, 0.1) is 7.11 Å². The minimum atomic E-state index is 0.0494. The molecule has 0 aliphatic carbocycles.